The molecule has 1 unspecified atom stereocenters. The normalized spacial score (nSPS) is 19.6. The van der Waals surface area contributed by atoms with E-state index in [-0.39, 0.29) is 11.3 Å². The zero-order valence-corrected chi connectivity index (χ0v) is 14.9. The number of rotatable bonds is 3. The van der Waals surface area contributed by atoms with E-state index < -0.39 is 41.5 Å². The zero-order chi connectivity index (χ0) is 21.6. The van der Waals surface area contributed by atoms with E-state index in [4.69, 9.17) is 9.84 Å². The van der Waals surface area contributed by atoms with Gasteiger partial charge in [-0.2, -0.15) is 26.3 Å². The summed E-state index contributed by atoms with van der Waals surface area (Å²) in [5.41, 5.74) is -4.04. The lowest BCUT2D eigenvalue weighted by Crippen LogP contribution is -2.46. The predicted molar refractivity (Wildman–Crippen MR) is 91.2 cm³/mol. The van der Waals surface area contributed by atoms with Gasteiger partial charge in [-0.3, -0.25) is 0 Å². The van der Waals surface area contributed by atoms with Gasteiger partial charge >= 0.3 is 18.3 Å². The number of hydrogen-bond acceptors (Lipinski definition) is 2. The average Bonchev–Trinajstić information content (AvgIpc) is 3.00. The molecule has 1 N–H and O–H groups in total. The Morgan fingerprint density at radius 2 is 1.79 bits per heavy atom. The topological polar surface area (TPSA) is 46.5 Å². The lowest BCUT2D eigenvalue weighted by atomic mass is 9.87. The molecule has 29 heavy (non-hydrogen) atoms. The number of benzene rings is 2. The molecule has 0 saturated heterocycles. The van der Waals surface area contributed by atoms with Crippen LogP contribution in [0.5, 0.6) is 5.75 Å². The van der Waals surface area contributed by atoms with Crippen molar-refractivity contribution in [2.45, 2.75) is 31.3 Å². The molecule has 0 spiro atoms. The van der Waals surface area contributed by atoms with E-state index in [1.54, 1.807) is 0 Å². The summed E-state index contributed by atoms with van der Waals surface area (Å²) >= 11 is 0. The standard InChI is InChI=1S/C20H14F6O3/c1-11(7-17(27)28)12-5-6-16-13(8-12)10-18(29-16,20(24,25)26)14-3-2-4-15(9-14)19(21,22)23/h2-9H,10H2,1H3,(H,27,28)/b11-7+. The molecule has 1 aliphatic rings. The van der Waals surface area contributed by atoms with Crippen molar-refractivity contribution in [2.75, 3.05) is 0 Å². The van der Waals surface area contributed by atoms with E-state index in [2.05, 4.69) is 0 Å². The minimum absolute atomic E-state index is 0.119. The third-order valence-corrected chi connectivity index (χ3v) is 4.69. The van der Waals surface area contributed by atoms with Crippen LogP contribution >= 0.6 is 0 Å². The number of alkyl halides is 6. The molecule has 0 fully saturated rings. The van der Waals surface area contributed by atoms with Crippen LogP contribution in [-0.2, 0) is 23.0 Å². The molecule has 0 saturated carbocycles. The summed E-state index contributed by atoms with van der Waals surface area (Å²) < 4.78 is 86.3. The van der Waals surface area contributed by atoms with Crippen molar-refractivity contribution in [1.29, 1.82) is 0 Å². The SMILES string of the molecule is C/C(=C\C(=O)O)c1ccc2c(c1)CC(c1cccc(C(F)(F)F)c1)(C(F)(F)F)O2. The van der Waals surface area contributed by atoms with Crippen molar-refractivity contribution in [3.8, 4) is 5.75 Å². The number of aliphatic carboxylic acids is 1. The van der Waals surface area contributed by atoms with Gasteiger partial charge in [-0.05, 0) is 47.9 Å². The Kier molecular flexibility index (Phi) is 4.88. The number of carbonyl (C=O) groups is 1. The molecular weight excluding hydrogens is 402 g/mol. The largest absolute Gasteiger partial charge is 0.478 e. The maximum Gasteiger partial charge on any atom is 0.432 e. The van der Waals surface area contributed by atoms with Crippen LogP contribution in [-0.4, -0.2) is 17.3 Å². The Morgan fingerprint density at radius 1 is 1.10 bits per heavy atom. The second-order valence-electron chi connectivity index (χ2n) is 6.67. The van der Waals surface area contributed by atoms with Crippen LogP contribution < -0.4 is 4.74 Å². The number of hydrogen-bond donors (Lipinski definition) is 1. The Labute approximate surface area is 161 Å². The number of allylic oxidation sites excluding steroid dienone is 1. The zero-order valence-electron chi connectivity index (χ0n) is 14.9. The number of halogens is 6. The number of fused-ring (bicyclic) bond motifs is 1. The summed E-state index contributed by atoms with van der Waals surface area (Å²) in [4.78, 5) is 10.8. The van der Waals surface area contributed by atoms with E-state index in [0.717, 1.165) is 18.2 Å². The first-order chi connectivity index (χ1) is 13.3. The van der Waals surface area contributed by atoms with Crippen LogP contribution in [0.4, 0.5) is 26.3 Å². The minimum Gasteiger partial charge on any atom is -0.478 e. The van der Waals surface area contributed by atoms with Crippen LogP contribution in [0.3, 0.4) is 0 Å². The van der Waals surface area contributed by atoms with Gasteiger partial charge in [0, 0.05) is 18.1 Å². The van der Waals surface area contributed by atoms with Gasteiger partial charge in [-0.25, -0.2) is 4.79 Å². The summed E-state index contributed by atoms with van der Waals surface area (Å²) in [6, 6.07) is 6.99. The summed E-state index contributed by atoms with van der Waals surface area (Å²) in [6.45, 7) is 1.48. The highest BCUT2D eigenvalue weighted by Crippen LogP contribution is 2.51. The average molecular weight is 416 g/mol. The van der Waals surface area contributed by atoms with Crippen molar-refractivity contribution < 1.29 is 41.0 Å². The van der Waals surface area contributed by atoms with Crippen molar-refractivity contribution in [3.63, 3.8) is 0 Å². The first-order valence-corrected chi connectivity index (χ1v) is 8.31. The summed E-state index contributed by atoms with van der Waals surface area (Å²) in [5, 5.41) is 8.83. The smallest absolute Gasteiger partial charge is 0.432 e. The molecule has 1 heterocycles. The van der Waals surface area contributed by atoms with Gasteiger partial charge in [0.25, 0.3) is 0 Å². The summed E-state index contributed by atoms with van der Waals surface area (Å²) in [6.07, 6.45) is -9.63. The van der Waals surface area contributed by atoms with Gasteiger partial charge in [0.05, 0.1) is 5.56 Å². The van der Waals surface area contributed by atoms with Crippen molar-refractivity contribution in [2.24, 2.45) is 0 Å². The van der Waals surface area contributed by atoms with Gasteiger partial charge < -0.3 is 9.84 Å². The molecular formula is C20H14F6O3. The van der Waals surface area contributed by atoms with E-state index in [1.807, 2.05) is 0 Å². The molecule has 0 aliphatic carbocycles. The molecule has 3 rings (SSSR count). The van der Waals surface area contributed by atoms with Crippen LogP contribution in [0, 0.1) is 0 Å². The van der Waals surface area contributed by atoms with Gasteiger partial charge in [-0.1, -0.05) is 18.2 Å². The molecule has 0 radical (unpaired) electrons. The highest BCUT2D eigenvalue weighted by atomic mass is 19.4. The monoisotopic (exact) mass is 416 g/mol. The summed E-state index contributed by atoms with van der Waals surface area (Å²) in [5.74, 6) is -1.33. The molecule has 2 aromatic rings. The molecule has 0 aromatic heterocycles. The van der Waals surface area contributed by atoms with Crippen LogP contribution in [0.2, 0.25) is 0 Å². The van der Waals surface area contributed by atoms with Crippen LogP contribution in [0.25, 0.3) is 5.57 Å². The summed E-state index contributed by atoms with van der Waals surface area (Å²) in [7, 11) is 0. The van der Waals surface area contributed by atoms with Gasteiger partial charge in [-0.15, -0.1) is 0 Å². The highest BCUT2D eigenvalue weighted by molar-refractivity contribution is 5.89. The van der Waals surface area contributed by atoms with Crippen LogP contribution in [0.15, 0.2) is 48.5 Å². The second-order valence-corrected chi connectivity index (χ2v) is 6.67. The fourth-order valence-corrected chi connectivity index (χ4v) is 3.25. The van der Waals surface area contributed by atoms with Gasteiger partial charge in [0.1, 0.15) is 5.75 Å². The van der Waals surface area contributed by atoms with Crippen molar-refractivity contribution >= 4 is 11.5 Å². The molecule has 1 atom stereocenters. The van der Waals surface area contributed by atoms with Gasteiger partial charge in [0.2, 0.25) is 5.60 Å². The highest BCUT2D eigenvalue weighted by Gasteiger charge is 2.61. The lowest BCUT2D eigenvalue weighted by Gasteiger charge is -2.32. The second kappa shape index (κ2) is 6.82. The Hall–Kier alpha value is -2.97. The predicted octanol–water partition coefficient (Wildman–Crippen LogP) is 5.59. The third kappa shape index (κ3) is 3.81. The fraction of sp³-hybridized carbons (Fsp3) is 0.250. The number of carboxylic acid groups (broad SMARTS) is 1. The molecule has 0 bridgehead atoms. The lowest BCUT2D eigenvalue weighted by molar-refractivity contribution is -0.248. The van der Waals surface area contributed by atoms with E-state index >= 15 is 0 Å². The van der Waals surface area contributed by atoms with Gasteiger partial charge in [0.15, 0.2) is 0 Å². The Bertz CT molecular complexity index is 990. The maximum absolute atomic E-state index is 14.0. The molecule has 1 aliphatic heterocycles. The van der Waals surface area contributed by atoms with Crippen LogP contribution in [0.1, 0.15) is 29.2 Å². The number of ether oxygens (including phenoxy) is 1. The first-order valence-electron chi connectivity index (χ1n) is 8.31. The fourth-order valence-electron chi connectivity index (χ4n) is 3.25. The Morgan fingerprint density at radius 3 is 2.38 bits per heavy atom. The number of carboxylic acids is 1. The van der Waals surface area contributed by atoms with E-state index in [0.29, 0.717) is 23.3 Å². The Balaban J connectivity index is 2.09. The first kappa shape index (κ1) is 20.8. The molecule has 2 aromatic carbocycles. The third-order valence-electron chi connectivity index (χ3n) is 4.69. The van der Waals surface area contributed by atoms with Crippen molar-refractivity contribution in [1.82, 2.24) is 0 Å². The quantitative estimate of drug-likeness (QED) is 0.525. The van der Waals surface area contributed by atoms with E-state index in [1.165, 1.54) is 25.1 Å². The minimum atomic E-state index is -5.00. The molecule has 0 amide bonds. The van der Waals surface area contributed by atoms with Crippen molar-refractivity contribution in [3.05, 3.63) is 70.8 Å². The maximum atomic E-state index is 14.0. The molecule has 3 nitrogen and oxygen atoms in total. The molecule has 9 heteroatoms. The molecule has 154 valence electrons. The van der Waals surface area contributed by atoms with E-state index in [9.17, 15) is 31.1 Å².